The molecule has 3 aliphatic rings. The Morgan fingerprint density at radius 2 is 1.23 bits per heavy atom. The van der Waals surface area contributed by atoms with Crippen LogP contribution in [0.1, 0.15) is 33.1 Å². The highest BCUT2D eigenvalue weighted by molar-refractivity contribution is 5.06. The van der Waals surface area contributed by atoms with E-state index in [9.17, 15) is 5.11 Å². The Balaban J connectivity index is 1.88. The molecule has 1 N–H and O–H groups in total. The lowest BCUT2D eigenvalue weighted by Gasteiger charge is -2.34. The summed E-state index contributed by atoms with van der Waals surface area (Å²) in [5, 5.41) is 9.67. The average molecular weight is 180 g/mol. The molecule has 0 saturated heterocycles. The van der Waals surface area contributed by atoms with Gasteiger partial charge in [-0.05, 0) is 54.8 Å². The fourth-order valence-electron chi connectivity index (χ4n) is 4.71. The first-order chi connectivity index (χ1) is 6.18. The highest BCUT2D eigenvalue weighted by Gasteiger charge is 2.57. The molecule has 0 spiro atoms. The van der Waals surface area contributed by atoms with Crippen LogP contribution in [0.3, 0.4) is 0 Å². The second-order valence-corrected chi connectivity index (χ2v) is 5.73. The van der Waals surface area contributed by atoms with E-state index in [0.717, 1.165) is 48.3 Å². The monoisotopic (exact) mass is 180 g/mol. The van der Waals surface area contributed by atoms with Crippen molar-refractivity contribution in [2.75, 3.05) is 0 Å². The van der Waals surface area contributed by atoms with E-state index in [1.54, 1.807) is 0 Å². The molecule has 74 valence electrons. The number of hydrogen-bond acceptors (Lipinski definition) is 1. The van der Waals surface area contributed by atoms with Gasteiger partial charge in [0.1, 0.15) is 0 Å². The smallest absolute Gasteiger partial charge is 0.0546 e. The molecule has 0 aliphatic heterocycles. The molecule has 2 bridgehead atoms. The largest absolute Gasteiger partial charge is 0.393 e. The van der Waals surface area contributed by atoms with Crippen molar-refractivity contribution in [3.63, 3.8) is 0 Å². The second-order valence-electron chi connectivity index (χ2n) is 5.73. The van der Waals surface area contributed by atoms with Crippen molar-refractivity contribution < 1.29 is 5.11 Å². The van der Waals surface area contributed by atoms with E-state index in [1.165, 1.54) is 6.42 Å². The predicted octanol–water partition coefficient (Wildman–Crippen LogP) is 2.30. The zero-order chi connectivity index (χ0) is 9.16. The summed E-state index contributed by atoms with van der Waals surface area (Å²) < 4.78 is 0. The van der Waals surface area contributed by atoms with Gasteiger partial charge in [-0.2, -0.15) is 0 Å². The van der Waals surface area contributed by atoms with Gasteiger partial charge in [0.05, 0.1) is 6.10 Å². The van der Waals surface area contributed by atoms with Crippen molar-refractivity contribution in [2.45, 2.75) is 39.2 Å². The fourth-order valence-corrected chi connectivity index (χ4v) is 4.71. The van der Waals surface area contributed by atoms with E-state index >= 15 is 0 Å². The Morgan fingerprint density at radius 3 is 1.69 bits per heavy atom. The van der Waals surface area contributed by atoms with Crippen molar-refractivity contribution in [3.05, 3.63) is 0 Å². The number of aliphatic hydroxyl groups is 1. The number of rotatable bonds is 0. The van der Waals surface area contributed by atoms with Gasteiger partial charge in [-0.1, -0.05) is 13.8 Å². The van der Waals surface area contributed by atoms with Crippen LogP contribution in [0.15, 0.2) is 0 Å². The molecule has 13 heavy (non-hydrogen) atoms. The molecule has 0 aromatic rings. The maximum absolute atomic E-state index is 9.67. The minimum Gasteiger partial charge on any atom is -0.393 e. The molecule has 3 aliphatic carbocycles. The molecule has 0 heterocycles. The van der Waals surface area contributed by atoms with Crippen LogP contribution in [0.2, 0.25) is 0 Å². The van der Waals surface area contributed by atoms with Gasteiger partial charge in [-0.15, -0.1) is 0 Å². The molecule has 6 unspecified atom stereocenters. The molecule has 3 fully saturated rings. The number of aliphatic hydroxyl groups excluding tert-OH is 1. The van der Waals surface area contributed by atoms with Crippen LogP contribution < -0.4 is 0 Å². The summed E-state index contributed by atoms with van der Waals surface area (Å²) in [7, 11) is 0. The van der Waals surface area contributed by atoms with Crippen molar-refractivity contribution >= 4 is 0 Å². The summed E-state index contributed by atoms with van der Waals surface area (Å²) in [5.41, 5.74) is 0. The third-order valence-corrected chi connectivity index (χ3v) is 5.46. The lowest BCUT2D eigenvalue weighted by molar-refractivity contribution is 0.140. The van der Waals surface area contributed by atoms with Crippen LogP contribution in [0.25, 0.3) is 0 Å². The van der Waals surface area contributed by atoms with Gasteiger partial charge in [0.25, 0.3) is 0 Å². The van der Waals surface area contributed by atoms with E-state index in [-0.39, 0.29) is 6.10 Å². The van der Waals surface area contributed by atoms with E-state index < -0.39 is 0 Å². The first-order valence-corrected chi connectivity index (χ1v) is 5.86. The van der Waals surface area contributed by atoms with Crippen LogP contribution in [0, 0.1) is 35.5 Å². The van der Waals surface area contributed by atoms with Gasteiger partial charge >= 0.3 is 0 Å². The summed E-state index contributed by atoms with van der Waals surface area (Å²) in [6.45, 7) is 4.85. The second kappa shape index (κ2) is 2.50. The lowest BCUT2D eigenvalue weighted by atomic mass is 9.71. The third kappa shape index (κ3) is 0.918. The Bertz CT molecular complexity index is 199. The normalized spacial score (nSPS) is 64.4. The van der Waals surface area contributed by atoms with E-state index in [2.05, 4.69) is 13.8 Å². The maximum Gasteiger partial charge on any atom is 0.0546 e. The van der Waals surface area contributed by atoms with Crippen LogP contribution in [0.5, 0.6) is 0 Å². The third-order valence-electron chi connectivity index (χ3n) is 5.46. The lowest BCUT2D eigenvalue weighted by Crippen LogP contribution is -2.28. The van der Waals surface area contributed by atoms with Gasteiger partial charge in [0.2, 0.25) is 0 Å². The van der Waals surface area contributed by atoms with Crippen LogP contribution in [-0.4, -0.2) is 11.2 Å². The standard InChI is InChI=1S/C12H20O/c1-6-7(2)10-5-9(6)11-3-8(13)4-12(10)11/h6-13H,3-5H2,1-2H3. The molecular weight excluding hydrogens is 160 g/mol. The topological polar surface area (TPSA) is 20.2 Å². The summed E-state index contributed by atoms with van der Waals surface area (Å²) in [6.07, 6.45) is 3.74. The summed E-state index contributed by atoms with van der Waals surface area (Å²) in [4.78, 5) is 0. The van der Waals surface area contributed by atoms with Crippen LogP contribution >= 0.6 is 0 Å². The molecule has 6 atom stereocenters. The van der Waals surface area contributed by atoms with Crippen molar-refractivity contribution in [1.29, 1.82) is 0 Å². The zero-order valence-corrected chi connectivity index (χ0v) is 8.61. The Morgan fingerprint density at radius 1 is 0.769 bits per heavy atom. The van der Waals surface area contributed by atoms with E-state index in [4.69, 9.17) is 0 Å². The minimum absolute atomic E-state index is 0.0396. The van der Waals surface area contributed by atoms with Gasteiger partial charge in [-0.3, -0.25) is 0 Å². The van der Waals surface area contributed by atoms with Crippen molar-refractivity contribution in [2.24, 2.45) is 35.5 Å². The predicted molar refractivity (Wildman–Crippen MR) is 52.1 cm³/mol. The summed E-state index contributed by atoms with van der Waals surface area (Å²) in [5.74, 6) is 5.56. The average Bonchev–Trinajstić information content (AvgIpc) is 2.64. The van der Waals surface area contributed by atoms with Gasteiger partial charge in [0.15, 0.2) is 0 Å². The molecule has 0 amide bonds. The summed E-state index contributed by atoms with van der Waals surface area (Å²) in [6, 6.07) is 0. The van der Waals surface area contributed by atoms with Gasteiger partial charge in [0, 0.05) is 0 Å². The number of fused-ring (bicyclic) bond motifs is 5. The molecule has 0 radical (unpaired) electrons. The van der Waals surface area contributed by atoms with Gasteiger partial charge < -0.3 is 5.11 Å². The van der Waals surface area contributed by atoms with Crippen molar-refractivity contribution in [3.8, 4) is 0 Å². The molecule has 3 saturated carbocycles. The highest BCUT2D eigenvalue weighted by atomic mass is 16.3. The number of hydrogen-bond donors (Lipinski definition) is 1. The van der Waals surface area contributed by atoms with Crippen molar-refractivity contribution in [1.82, 2.24) is 0 Å². The SMILES string of the molecule is CC1C(C)C2CC1C1CC(O)CC21. The molecule has 0 aromatic heterocycles. The van der Waals surface area contributed by atoms with E-state index in [0.29, 0.717) is 0 Å². The Labute approximate surface area is 80.5 Å². The Kier molecular flexibility index (Phi) is 1.59. The minimum atomic E-state index is 0.0396. The quantitative estimate of drug-likeness (QED) is 0.606. The summed E-state index contributed by atoms with van der Waals surface area (Å²) >= 11 is 0. The molecule has 0 aromatic carbocycles. The first-order valence-electron chi connectivity index (χ1n) is 5.86. The van der Waals surface area contributed by atoms with Crippen LogP contribution in [0.4, 0.5) is 0 Å². The molecule has 1 nitrogen and oxygen atoms in total. The Hall–Kier alpha value is -0.0400. The molecule has 1 heteroatoms. The fraction of sp³-hybridized carbons (Fsp3) is 1.00. The maximum atomic E-state index is 9.67. The van der Waals surface area contributed by atoms with E-state index in [1.807, 2.05) is 0 Å². The van der Waals surface area contributed by atoms with Crippen LogP contribution in [-0.2, 0) is 0 Å². The zero-order valence-electron chi connectivity index (χ0n) is 8.61. The molecule has 3 rings (SSSR count). The first kappa shape index (κ1) is 8.28. The molecular formula is C12H20O. The van der Waals surface area contributed by atoms with Gasteiger partial charge in [-0.25, -0.2) is 0 Å². The highest BCUT2D eigenvalue weighted by Crippen LogP contribution is 2.62.